The van der Waals surface area contributed by atoms with Crippen LogP contribution in [0.4, 0.5) is 5.69 Å². The molecule has 1 aliphatic heterocycles. The van der Waals surface area contributed by atoms with Gasteiger partial charge in [0.2, 0.25) is 5.91 Å². The predicted molar refractivity (Wildman–Crippen MR) is 102 cm³/mol. The number of aromatic nitrogens is 1. The minimum absolute atomic E-state index is 0.136. The fourth-order valence-corrected chi connectivity index (χ4v) is 3.69. The van der Waals surface area contributed by atoms with E-state index in [1.54, 1.807) is 24.3 Å². The van der Waals surface area contributed by atoms with E-state index in [9.17, 15) is 9.35 Å². The molecule has 2 heterocycles. The van der Waals surface area contributed by atoms with Gasteiger partial charge in [0.25, 0.3) is 0 Å². The van der Waals surface area contributed by atoms with Crippen LogP contribution in [0.3, 0.4) is 0 Å². The third kappa shape index (κ3) is 3.82. The summed E-state index contributed by atoms with van der Waals surface area (Å²) in [6, 6.07) is 5.98. The van der Waals surface area contributed by atoms with Crippen LogP contribution in [0.5, 0.6) is 0 Å². The van der Waals surface area contributed by atoms with Gasteiger partial charge in [-0.2, -0.15) is 0 Å². The van der Waals surface area contributed by atoms with Crippen molar-refractivity contribution in [3.63, 3.8) is 0 Å². The average Bonchev–Trinajstić information content (AvgIpc) is 2.63. The zero-order chi connectivity index (χ0) is 18.0. The highest BCUT2D eigenvalue weighted by Gasteiger charge is 2.21. The summed E-state index contributed by atoms with van der Waals surface area (Å²) in [5.41, 5.74) is 4.69. The van der Waals surface area contributed by atoms with Crippen molar-refractivity contribution in [1.82, 2.24) is 9.71 Å². The second-order valence-electron chi connectivity index (χ2n) is 5.91. The molecule has 2 aromatic rings. The molecular formula is C18H20ClN3O2S. The van der Waals surface area contributed by atoms with Gasteiger partial charge in [-0.15, -0.1) is 4.72 Å². The molecule has 5 nitrogen and oxygen atoms in total. The highest BCUT2D eigenvalue weighted by atomic mass is 35.5. The van der Waals surface area contributed by atoms with Crippen LogP contribution >= 0.6 is 11.6 Å². The zero-order valence-electron chi connectivity index (χ0n) is 14.2. The highest BCUT2D eigenvalue weighted by Crippen LogP contribution is 2.35. The van der Waals surface area contributed by atoms with Crippen molar-refractivity contribution >= 4 is 34.6 Å². The van der Waals surface area contributed by atoms with E-state index >= 15 is 0 Å². The molecule has 1 aromatic carbocycles. The fourth-order valence-electron chi connectivity index (χ4n) is 2.90. The van der Waals surface area contributed by atoms with Crippen LogP contribution < -0.4 is 9.62 Å². The van der Waals surface area contributed by atoms with E-state index in [1.165, 1.54) is 0 Å². The molecule has 25 heavy (non-hydrogen) atoms. The number of aryl methyl sites for hydroxylation is 1. The van der Waals surface area contributed by atoms with E-state index in [-0.39, 0.29) is 5.91 Å². The molecule has 7 heteroatoms. The summed E-state index contributed by atoms with van der Waals surface area (Å²) in [6.45, 7) is 2.26. The summed E-state index contributed by atoms with van der Waals surface area (Å²) < 4.78 is 14.5. The van der Waals surface area contributed by atoms with E-state index in [0.717, 1.165) is 34.4 Å². The van der Waals surface area contributed by atoms with E-state index in [0.29, 0.717) is 23.7 Å². The molecule has 1 N–H and O–H groups in total. The highest BCUT2D eigenvalue weighted by molar-refractivity contribution is 7.89. The maximum atomic E-state index is 11.8. The number of anilines is 1. The number of nitrogens with zero attached hydrogens (tertiary/aromatic N) is 2. The lowest BCUT2D eigenvalue weighted by Crippen LogP contribution is -2.30. The van der Waals surface area contributed by atoms with E-state index in [4.69, 9.17) is 11.6 Å². The quantitative estimate of drug-likeness (QED) is 0.813. The van der Waals surface area contributed by atoms with Gasteiger partial charge in [-0.05, 0) is 36.6 Å². The summed E-state index contributed by atoms with van der Waals surface area (Å²) in [7, 11) is 1.80. The Labute approximate surface area is 155 Å². The van der Waals surface area contributed by atoms with Crippen molar-refractivity contribution in [2.45, 2.75) is 26.3 Å². The van der Waals surface area contributed by atoms with Crippen LogP contribution in [0.2, 0.25) is 5.02 Å². The minimum atomic E-state index is -1.07. The maximum absolute atomic E-state index is 11.8. The van der Waals surface area contributed by atoms with Crippen molar-refractivity contribution in [3.8, 4) is 11.1 Å². The fraction of sp³-hybridized carbons (Fsp3) is 0.333. The standard InChI is InChI=1S/C18H20ClN3O2S/c1-3-25(24)21-10-14-9-20-11-15(18(14)19)12-4-6-16-13(8-12)5-7-17(23)22(16)2/h4,6,8-9,11,21H,3,5,7,10H2,1-2H3. The molecule has 1 amide bonds. The van der Waals surface area contributed by atoms with Gasteiger partial charge in [-0.25, -0.2) is 0 Å². The van der Waals surface area contributed by atoms with E-state index in [2.05, 4.69) is 15.8 Å². The third-order valence-electron chi connectivity index (χ3n) is 4.37. The number of fused-ring (bicyclic) bond motifs is 1. The molecule has 0 aliphatic carbocycles. The first kappa shape index (κ1) is 18.2. The monoisotopic (exact) mass is 377 g/mol. The second kappa shape index (κ2) is 7.74. The lowest BCUT2D eigenvalue weighted by atomic mass is 9.96. The van der Waals surface area contributed by atoms with Crippen LogP contribution in [0.1, 0.15) is 24.5 Å². The Bertz CT molecular complexity index is 800. The molecule has 1 unspecified atom stereocenters. The number of pyridine rings is 1. The minimum Gasteiger partial charge on any atom is -0.598 e. The number of rotatable bonds is 5. The van der Waals surface area contributed by atoms with Crippen LogP contribution in [-0.4, -0.2) is 28.2 Å². The van der Waals surface area contributed by atoms with Gasteiger partial charge in [0.1, 0.15) is 5.75 Å². The second-order valence-corrected chi connectivity index (χ2v) is 7.85. The van der Waals surface area contributed by atoms with Gasteiger partial charge in [0.05, 0.1) is 11.6 Å². The molecule has 1 aliphatic rings. The van der Waals surface area contributed by atoms with Gasteiger partial charge in [-0.3, -0.25) is 9.78 Å². The number of hydrogen-bond acceptors (Lipinski definition) is 4. The Balaban J connectivity index is 1.91. The van der Waals surface area contributed by atoms with Crippen LogP contribution in [0.15, 0.2) is 30.6 Å². The molecule has 0 bridgehead atoms. The summed E-state index contributed by atoms with van der Waals surface area (Å²) in [4.78, 5) is 17.8. The molecule has 0 fully saturated rings. The Hall–Kier alpha value is -1.60. The van der Waals surface area contributed by atoms with Crippen molar-refractivity contribution in [1.29, 1.82) is 0 Å². The Morgan fingerprint density at radius 1 is 1.36 bits per heavy atom. The van der Waals surface area contributed by atoms with E-state index in [1.807, 2.05) is 19.1 Å². The van der Waals surface area contributed by atoms with Crippen molar-refractivity contribution in [2.75, 3.05) is 17.7 Å². The summed E-state index contributed by atoms with van der Waals surface area (Å²) >= 11 is 5.49. The average molecular weight is 378 g/mol. The SMILES string of the molecule is CC[S+]([O-])NCc1cncc(-c2ccc3c(c2)CCC(=O)N3C)c1Cl. The summed E-state index contributed by atoms with van der Waals surface area (Å²) in [5.74, 6) is 0.680. The van der Waals surface area contributed by atoms with Gasteiger partial charge in [0.15, 0.2) is 0 Å². The van der Waals surface area contributed by atoms with Crippen LogP contribution in [0.25, 0.3) is 11.1 Å². The molecule has 0 spiro atoms. The lowest BCUT2D eigenvalue weighted by Gasteiger charge is -2.26. The topological polar surface area (TPSA) is 68.3 Å². The van der Waals surface area contributed by atoms with Gasteiger partial charge in [0, 0.05) is 54.0 Å². The Morgan fingerprint density at radius 2 is 2.16 bits per heavy atom. The van der Waals surface area contributed by atoms with E-state index < -0.39 is 11.4 Å². The lowest BCUT2D eigenvalue weighted by molar-refractivity contribution is -0.118. The number of benzene rings is 1. The third-order valence-corrected chi connectivity index (χ3v) is 5.81. The summed E-state index contributed by atoms with van der Waals surface area (Å²) in [6.07, 6.45) is 4.68. The number of nitrogens with one attached hydrogen (secondary N) is 1. The zero-order valence-corrected chi connectivity index (χ0v) is 15.8. The van der Waals surface area contributed by atoms with Crippen LogP contribution in [-0.2, 0) is 29.1 Å². The van der Waals surface area contributed by atoms with Gasteiger partial charge < -0.3 is 9.45 Å². The molecule has 1 aromatic heterocycles. The molecular weight excluding hydrogens is 358 g/mol. The van der Waals surface area contributed by atoms with Gasteiger partial charge >= 0.3 is 0 Å². The van der Waals surface area contributed by atoms with Crippen molar-refractivity contribution in [3.05, 3.63) is 46.7 Å². The molecule has 0 saturated carbocycles. The Morgan fingerprint density at radius 3 is 2.92 bits per heavy atom. The largest absolute Gasteiger partial charge is 0.598 e. The maximum Gasteiger partial charge on any atom is 0.227 e. The van der Waals surface area contributed by atoms with Gasteiger partial charge in [-0.1, -0.05) is 17.7 Å². The predicted octanol–water partition coefficient (Wildman–Crippen LogP) is 3.08. The number of halogens is 1. The van der Waals surface area contributed by atoms with Crippen molar-refractivity contribution < 1.29 is 9.35 Å². The summed E-state index contributed by atoms with van der Waals surface area (Å²) in [5, 5.41) is 0.607. The van der Waals surface area contributed by atoms with Crippen molar-refractivity contribution in [2.24, 2.45) is 0 Å². The molecule has 0 radical (unpaired) electrons. The molecule has 0 saturated heterocycles. The normalized spacial score (nSPS) is 15.2. The number of hydrogen-bond donors (Lipinski definition) is 1. The number of carbonyl (C=O) groups excluding carboxylic acids is 1. The first-order valence-corrected chi connectivity index (χ1v) is 9.85. The first-order chi connectivity index (χ1) is 12.0. The Kier molecular flexibility index (Phi) is 5.64. The van der Waals surface area contributed by atoms with Crippen LogP contribution in [0, 0.1) is 0 Å². The number of carbonyl (C=O) groups is 1. The number of amides is 1. The molecule has 1 atom stereocenters. The molecule has 132 valence electrons. The smallest absolute Gasteiger partial charge is 0.227 e. The first-order valence-electron chi connectivity index (χ1n) is 8.15. The molecule has 3 rings (SSSR count).